The second-order valence-corrected chi connectivity index (χ2v) is 5.53. The summed E-state index contributed by atoms with van der Waals surface area (Å²) in [5, 5.41) is 1.07. The van der Waals surface area contributed by atoms with Crippen molar-refractivity contribution in [3.63, 3.8) is 0 Å². The number of halogens is 1. The van der Waals surface area contributed by atoms with Gasteiger partial charge in [-0.3, -0.25) is 0 Å². The van der Waals surface area contributed by atoms with Gasteiger partial charge < -0.3 is 4.42 Å². The molecule has 2 nitrogen and oxygen atoms in total. The lowest BCUT2D eigenvalue weighted by Gasteiger charge is -1.95. The molecule has 0 bridgehead atoms. The van der Waals surface area contributed by atoms with Crippen molar-refractivity contribution in [2.24, 2.45) is 0 Å². The molecule has 0 aliphatic rings. The molecule has 0 saturated heterocycles. The van der Waals surface area contributed by atoms with Gasteiger partial charge in [-0.05, 0) is 36.8 Å². The molecular formula is C13H9FO2P+. The highest BCUT2D eigenvalue weighted by Crippen LogP contribution is 2.37. The summed E-state index contributed by atoms with van der Waals surface area (Å²) in [5.41, 5.74) is 2.08. The van der Waals surface area contributed by atoms with Gasteiger partial charge in [0.05, 0.1) is 0 Å². The van der Waals surface area contributed by atoms with Gasteiger partial charge >= 0.3 is 7.41 Å². The van der Waals surface area contributed by atoms with Crippen LogP contribution in [-0.2, 0) is 4.57 Å². The van der Waals surface area contributed by atoms with E-state index in [1.807, 2.05) is 19.1 Å². The van der Waals surface area contributed by atoms with Gasteiger partial charge in [0.1, 0.15) is 5.82 Å². The molecule has 0 radical (unpaired) electrons. The van der Waals surface area contributed by atoms with Crippen LogP contribution in [0.25, 0.3) is 21.4 Å². The molecule has 0 amide bonds. The van der Waals surface area contributed by atoms with Crippen molar-refractivity contribution in [2.45, 2.75) is 6.92 Å². The minimum atomic E-state index is -1.77. The van der Waals surface area contributed by atoms with Crippen LogP contribution in [0.5, 0.6) is 0 Å². The van der Waals surface area contributed by atoms with E-state index in [2.05, 4.69) is 0 Å². The molecule has 1 aromatic heterocycles. The molecule has 1 unspecified atom stereocenters. The predicted octanol–water partition coefficient (Wildman–Crippen LogP) is 4.78. The smallest absolute Gasteiger partial charge is 0.423 e. The molecule has 0 N–H and O–H groups in total. The van der Waals surface area contributed by atoms with Gasteiger partial charge in [-0.1, -0.05) is 10.6 Å². The average molecular weight is 247 g/mol. The molecule has 84 valence electrons. The number of aryl methyl sites for hydroxylation is 1. The Morgan fingerprint density at radius 1 is 1.06 bits per heavy atom. The van der Waals surface area contributed by atoms with E-state index in [4.69, 9.17) is 4.42 Å². The van der Waals surface area contributed by atoms with Crippen LogP contribution in [0.15, 0.2) is 40.8 Å². The largest absolute Gasteiger partial charge is 0.448 e. The monoisotopic (exact) mass is 247 g/mol. The molecule has 17 heavy (non-hydrogen) atoms. The van der Waals surface area contributed by atoms with E-state index >= 15 is 0 Å². The summed E-state index contributed by atoms with van der Waals surface area (Å²) in [4.78, 5) is 0. The Morgan fingerprint density at radius 3 is 2.47 bits per heavy atom. The van der Waals surface area contributed by atoms with E-state index < -0.39 is 13.2 Å². The standard InChI is InChI=1S/C13H9FO2P/c1-8-2-4-10-12(6-8)17(15)13-7-9(14)3-5-11(13)16-10/h2-7H,1H3/q+1. The third-order valence-electron chi connectivity index (χ3n) is 2.69. The molecule has 3 aromatic rings. The molecule has 0 spiro atoms. The summed E-state index contributed by atoms with van der Waals surface area (Å²) >= 11 is 0. The lowest BCUT2D eigenvalue weighted by Crippen LogP contribution is -1.77. The summed E-state index contributed by atoms with van der Waals surface area (Å²) in [6.45, 7) is 1.92. The molecule has 2 aromatic carbocycles. The zero-order valence-corrected chi connectivity index (χ0v) is 10.0. The first-order valence-corrected chi connectivity index (χ1v) is 6.46. The zero-order valence-electron chi connectivity index (χ0n) is 9.11. The topological polar surface area (TPSA) is 30.2 Å². The van der Waals surface area contributed by atoms with Gasteiger partial charge in [-0.2, -0.15) is 0 Å². The van der Waals surface area contributed by atoms with Crippen molar-refractivity contribution in [1.82, 2.24) is 0 Å². The van der Waals surface area contributed by atoms with E-state index in [9.17, 15) is 8.96 Å². The molecule has 0 saturated carbocycles. The van der Waals surface area contributed by atoms with Gasteiger partial charge in [0.15, 0.2) is 11.2 Å². The van der Waals surface area contributed by atoms with Gasteiger partial charge in [-0.25, -0.2) is 4.39 Å². The highest BCUT2D eigenvalue weighted by molar-refractivity contribution is 7.48. The Balaban J connectivity index is 2.58. The molecule has 4 heteroatoms. The second kappa shape index (κ2) is 3.64. The Morgan fingerprint density at radius 2 is 1.71 bits per heavy atom. The Hall–Kier alpha value is -1.73. The molecule has 0 aliphatic carbocycles. The zero-order chi connectivity index (χ0) is 12.0. The number of benzene rings is 2. The van der Waals surface area contributed by atoms with Crippen molar-refractivity contribution in [1.29, 1.82) is 0 Å². The van der Waals surface area contributed by atoms with Crippen LogP contribution in [0.4, 0.5) is 4.39 Å². The first-order chi connectivity index (χ1) is 8.15. The van der Waals surface area contributed by atoms with Crippen molar-refractivity contribution in [3.8, 4) is 0 Å². The third kappa shape index (κ3) is 1.63. The Kier molecular flexibility index (Phi) is 2.23. The van der Waals surface area contributed by atoms with Gasteiger partial charge in [0.25, 0.3) is 0 Å². The highest BCUT2D eigenvalue weighted by atomic mass is 31.1. The van der Waals surface area contributed by atoms with Crippen LogP contribution in [0.2, 0.25) is 0 Å². The number of hydrogen-bond acceptors (Lipinski definition) is 2. The highest BCUT2D eigenvalue weighted by Gasteiger charge is 2.18. The van der Waals surface area contributed by atoms with E-state index in [0.717, 1.165) is 5.56 Å². The van der Waals surface area contributed by atoms with Crippen LogP contribution in [-0.4, -0.2) is 0 Å². The lowest BCUT2D eigenvalue weighted by molar-refractivity contribution is 0.599. The van der Waals surface area contributed by atoms with Crippen molar-refractivity contribution >= 4 is 28.8 Å². The Labute approximate surface area is 97.4 Å². The fourth-order valence-corrected chi connectivity index (χ4v) is 3.32. The second-order valence-electron chi connectivity index (χ2n) is 3.98. The molecule has 0 aliphatic heterocycles. The maximum atomic E-state index is 13.1. The van der Waals surface area contributed by atoms with Crippen LogP contribution in [0.3, 0.4) is 0 Å². The third-order valence-corrected chi connectivity index (χ3v) is 4.27. The van der Waals surface area contributed by atoms with Crippen molar-refractivity contribution < 1.29 is 13.4 Å². The van der Waals surface area contributed by atoms with E-state index in [1.165, 1.54) is 18.2 Å². The van der Waals surface area contributed by atoms with Crippen LogP contribution in [0, 0.1) is 12.7 Å². The minimum Gasteiger partial charge on any atom is -0.448 e. The molecular weight excluding hydrogens is 238 g/mol. The van der Waals surface area contributed by atoms with Crippen LogP contribution in [0.1, 0.15) is 5.56 Å². The van der Waals surface area contributed by atoms with Gasteiger partial charge in [0.2, 0.25) is 10.2 Å². The number of hydrogen-bond donors (Lipinski definition) is 0. The van der Waals surface area contributed by atoms with Crippen LogP contribution >= 0.6 is 7.41 Å². The first-order valence-electron chi connectivity index (χ1n) is 5.20. The van der Waals surface area contributed by atoms with E-state index in [-0.39, 0.29) is 0 Å². The summed E-state index contributed by atoms with van der Waals surface area (Å²) in [7, 11) is -1.77. The molecule has 1 atom stereocenters. The fourth-order valence-electron chi connectivity index (χ4n) is 1.86. The van der Waals surface area contributed by atoms with Crippen molar-refractivity contribution in [3.05, 3.63) is 47.8 Å². The molecule has 0 fully saturated rings. The summed E-state index contributed by atoms with van der Waals surface area (Å²) in [6.07, 6.45) is 0. The normalized spacial score (nSPS) is 12.2. The maximum absolute atomic E-state index is 13.1. The fraction of sp³-hybridized carbons (Fsp3) is 0.0769. The van der Waals surface area contributed by atoms with E-state index in [0.29, 0.717) is 21.4 Å². The van der Waals surface area contributed by atoms with E-state index in [1.54, 1.807) is 6.07 Å². The SMILES string of the molecule is Cc1ccc2oc3ccc(F)cc3[p+](=O)c2c1. The summed E-state index contributed by atoms with van der Waals surface area (Å²) in [6, 6.07) is 9.61. The van der Waals surface area contributed by atoms with Crippen molar-refractivity contribution in [2.75, 3.05) is 0 Å². The number of fused-ring (bicyclic) bond motifs is 2. The van der Waals surface area contributed by atoms with Gasteiger partial charge in [0, 0.05) is 6.07 Å². The predicted molar refractivity (Wildman–Crippen MR) is 66.0 cm³/mol. The average Bonchev–Trinajstić information content (AvgIpc) is 2.32. The molecule has 3 rings (SSSR count). The summed E-state index contributed by atoms with van der Waals surface area (Å²) in [5.74, 6) is -0.396. The number of rotatable bonds is 0. The van der Waals surface area contributed by atoms with Gasteiger partial charge in [-0.15, -0.1) is 0 Å². The summed E-state index contributed by atoms with van der Waals surface area (Å²) < 4.78 is 31.1. The first kappa shape index (κ1) is 10.4. The quantitative estimate of drug-likeness (QED) is 0.535. The minimum absolute atomic E-state index is 0.396. The maximum Gasteiger partial charge on any atom is 0.423 e. The van der Waals surface area contributed by atoms with Crippen LogP contribution < -0.4 is 0 Å². The molecule has 1 heterocycles. The Bertz CT molecular complexity index is 729. The lowest BCUT2D eigenvalue weighted by atomic mass is 10.2.